The molecule has 1 aromatic carbocycles. The lowest BCUT2D eigenvalue weighted by Crippen LogP contribution is -2.69. The van der Waals surface area contributed by atoms with Crippen molar-refractivity contribution in [1.82, 2.24) is 4.90 Å². The van der Waals surface area contributed by atoms with Gasteiger partial charge in [-0.2, -0.15) is 0 Å². The predicted octanol–water partition coefficient (Wildman–Crippen LogP) is 2.25. The van der Waals surface area contributed by atoms with E-state index in [0.717, 1.165) is 24.8 Å². The van der Waals surface area contributed by atoms with Crippen LogP contribution in [0.4, 0.5) is 5.69 Å². The SMILES string of the molecule is CC(=O)O[C@@H]1[C@@H]2[C@H]3C[C@H]4C5=Nc6ccccc6[C@]51C[C@@H]2N4[C@H](C)[C@H]3C=O. The Morgan fingerprint density at radius 1 is 1.38 bits per heavy atom. The molecule has 0 aromatic heterocycles. The second-order valence-corrected chi connectivity index (χ2v) is 8.68. The van der Waals surface area contributed by atoms with E-state index in [1.54, 1.807) is 0 Å². The molecule has 0 amide bonds. The zero-order chi connectivity index (χ0) is 17.8. The number of carbonyl (C=O) groups is 2. The van der Waals surface area contributed by atoms with Crippen molar-refractivity contribution in [2.45, 2.75) is 56.3 Å². The number of para-hydroxylation sites is 1. The average Bonchev–Trinajstić information content (AvgIpc) is 3.08. The lowest BCUT2D eigenvalue weighted by atomic mass is 9.62. The highest BCUT2D eigenvalue weighted by Gasteiger charge is 2.75. The van der Waals surface area contributed by atoms with E-state index in [-0.39, 0.29) is 47.3 Å². The maximum absolute atomic E-state index is 12.0. The van der Waals surface area contributed by atoms with E-state index in [2.05, 4.69) is 30.0 Å². The third kappa shape index (κ3) is 1.44. The molecule has 6 aliphatic rings. The van der Waals surface area contributed by atoms with Gasteiger partial charge in [-0.15, -0.1) is 0 Å². The molecule has 1 spiro atoms. The Kier molecular flexibility index (Phi) is 2.69. The van der Waals surface area contributed by atoms with Gasteiger partial charge in [0, 0.05) is 30.8 Å². The van der Waals surface area contributed by atoms with E-state index >= 15 is 0 Å². The molecule has 5 bridgehead atoms. The summed E-state index contributed by atoms with van der Waals surface area (Å²) in [7, 11) is 0. The van der Waals surface area contributed by atoms with Crippen molar-refractivity contribution in [1.29, 1.82) is 0 Å². The third-order valence-electron chi connectivity index (χ3n) is 7.91. The second kappa shape index (κ2) is 4.63. The maximum atomic E-state index is 12.0. The van der Waals surface area contributed by atoms with E-state index in [1.165, 1.54) is 18.2 Å². The summed E-state index contributed by atoms with van der Waals surface area (Å²) in [5.74, 6) is 0.299. The minimum atomic E-state index is -0.287. The van der Waals surface area contributed by atoms with E-state index in [9.17, 15) is 9.59 Å². The number of aliphatic imine (C=N–C) groups is 1. The first-order valence-electron chi connectivity index (χ1n) is 9.66. The molecule has 1 aliphatic carbocycles. The van der Waals surface area contributed by atoms with Crippen molar-refractivity contribution in [3.8, 4) is 0 Å². The molecule has 7 rings (SSSR count). The molecule has 5 aliphatic heterocycles. The molecular formula is C21H22N2O3. The zero-order valence-corrected chi connectivity index (χ0v) is 15.0. The molecular weight excluding hydrogens is 328 g/mol. The Morgan fingerprint density at radius 3 is 2.96 bits per heavy atom. The van der Waals surface area contributed by atoms with Crippen LogP contribution < -0.4 is 0 Å². The lowest BCUT2D eigenvalue weighted by Gasteiger charge is -2.60. The van der Waals surface area contributed by atoms with Crippen molar-refractivity contribution in [2.24, 2.45) is 22.7 Å². The van der Waals surface area contributed by atoms with Crippen LogP contribution in [-0.4, -0.2) is 47.1 Å². The molecule has 5 nitrogen and oxygen atoms in total. The minimum Gasteiger partial charge on any atom is -0.461 e. The van der Waals surface area contributed by atoms with Gasteiger partial charge < -0.3 is 9.53 Å². The first-order valence-corrected chi connectivity index (χ1v) is 9.66. The number of rotatable bonds is 2. The molecule has 5 fully saturated rings. The molecule has 9 atom stereocenters. The topological polar surface area (TPSA) is 59.0 Å². The molecule has 1 aromatic rings. The predicted molar refractivity (Wildman–Crippen MR) is 95.4 cm³/mol. The van der Waals surface area contributed by atoms with Gasteiger partial charge in [-0.3, -0.25) is 14.7 Å². The van der Waals surface area contributed by atoms with Crippen LogP contribution in [0.2, 0.25) is 0 Å². The second-order valence-electron chi connectivity index (χ2n) is 8.68. The van der Waals surface area contributed by atoms with E-state index in [4.69, 9.17) is 9.73 Å². The van der Waals surface area contributed by atoms with Gasteiger partial charge in [0.05, 0.1) is 22.9 Å². The van der Waals surface area contributed by atoms with E-state index in [1.807, 2.05) is 6.07 Å². The summed E-state index contributed by atoms with van der Waals surface area (Å²) in [6.45, 7) is 3.69. The Balaban J connectivity index is 1.61. The number of aldehydes is 1. The summed E-state index contributed by atoms with van der Waals surface area (Å²) in [4.78, 5) is 31.5. The molecule has 134 valence electrons. The Hall–Kier alpha value is -2.01. The molecule has 0 N–H and O–H groups in total. The summed E-state index contributed by atoms with van der Waals surface area (Å²) < 4.78 is 6.04. The van der Waals surface area contributed by atoms with Crippen molar-refractivity contribution in [3.63, 3.8) is 0 Å². The van der Waals surface area contributed by atoms with Crippen LogP contribution in [0.1, 0.15) is 32.3 Å². The molecule has 26 heavy (non-hydrogen) atoms. The van der Waals surface area contributed by atoms with Gasteiger partial charge in [0.1, 0.15) is 12.4 Å². The lowest BCUT2D eigenvalue weighted by molar-refractivity contribution is -0.159. The zero-order valence-electron chi connectivity index (χ0n) is 15.0. The first-order chi connectivity index (χ1) is 12.6. The molecule has 1 unspecified atom stereocenters. The highest BCUT2D eigenvalue weighted by atomic mass is 16.5. The normalized spacial score (nSPS) is 48.8. The Morgan fingerprint density at radius 2 is 2.19 bits per heavy atom. The van der Waals surface area contributed by atoms with Crippen LogP contribution in [0.25, 0.3) is 0 Å². The van der Waals surface area contributed by atoms with Crippen molar-refractivity contribution >= 4 is 23.7 Å². The van der Waals surface area contributed by atoms with Crippen molar-refractivity contribution in [2.75, 3.05) is 0 Å². The van der Waals surface area contributed by atoms with Crippen LogP contribution >= 0.6 is 0 Å². The third-order valence-corrected chi connectivity index (χ3v) is 7.91. The number of nitrogens with zero attached hydrogens (tertiary/aromatic N) is 2. The molecule has 0 radical (unpaired) electrons. The van der Waals surface area contributed by atoms with Crippen LogP contribution in [-0.2, 0) is 19.7 Å². The van der Waals surface area contributed by atoms with Gasteiger partial charge in [-0.05, 0) is 37.3 Å². The summed E-state index contributed by atoms with van der Waals surface area (Å²) in [5, 5.41) is 0. The number of piperidine rings is 4. The molecule has 4 saturated heterocycles. The number of hydrogen-bond donors (Lipinski definition) is 0. The first kappa shape index (κ1) is 15.1. The average molecular weight is 350 g/mol. The van der Waals surface area contributed by atoms with Gasteiger partial charge in [0.15, 0.2) is 0 Å². The summed E-state index contributed by atoms with van der Waals surface area (Å²) >= 11 is 0. The number of ether oxygens (including phenoxy) is 1. The van der Waals surface area contributed by atoms with Crippen molar-refractivity contribution < 1.29 is 14.3 Å². The summed E-state index contributed by atoms with van der Waals surface area (Å²) in [6.07, 6.45) is 2.85. The maximum Gasteiger partial charge on any atom is 0.302 e. The van der Waals surface area contributed by atoms with E-state index < -0.39 is 0 Å². The smallest absolute Gasteiger partial charge is 0.302 e. The van der Waals surface area contributed by atoms with Crippen LogP contribution in [0, 0.1) is 17.8 Å². The van der Waals surface area contributed by atoms with Gasteiger partial charge in [-0.25, -0.2) is 0 Å². The molecule has 1 saturated carbocycles. The van der Waals surface area contributed by atoms with E-state index in [0.29, 0.717) is 6.04 Å². The Labute approximate surface area is 152 Å². The quantitative estimate of drug-likeness (QED) is 0.606. The Bertz CT molecular complexity index is 880. The van der Waals surface area contributed by atoms with Gasteiger partial charge >= 0.3 is 5.97 Å². The highest BCUT2D eigenvalue weighted by Crippen LogP contribution is 2.67. The highest BCUT2D eigenvalue weighted by molar-refractivity contribution is 6.08. The standard InChI is InChI=1S/C21H22N2O3/c1-10-13(9-24)12-7-16-19-21(14-5-3-4-6-15(14)22-19)8-17(23(10)16)18(12)20(21)26-11(2)25/h3-6,9-10,12-13,16-18,20H,7-8H2,1-2H3/t10-,12+,13-,16+,17+,18-,20-,21-/m1/s1. The molecule has 5 heterocycles. The minimum absolute atomic E-state index is 0.0235. The van der Waals surface area contributed by atoms with Crippen LogP contribution in [0.15, 0.2) is 29.3 Å². The number of hydrogen-bond acceptors (Lipinski definition) is 5. The van der Waals surface area contributed by atoms with Gasteiger partial charge in [0.2, 0.25) is 0 Å². The number of benzene rings is 1. The monoisotopic (exact) mass is 350 g/mol. The van der Waals surface area contributed by atoms with Crippen LogP contribution in [0.5, 0.6) is 0 Å². The van der Waals surface area contributed by atoms with Crippen LogP contribution in [0.3, 0.4) is 0 Å². The number of esters is 1. The fraction of sp³-hybridized carbons (Fsp3) is 0.571. The largest absolute Gasteiger partial charge is 0.461 e. The molecule has 5 heteroatoms. The fourth-order valence-corrected chi connectivity index (χ4v) is 7.28. The summed E-state index contributed by atoms with van der Waals surface area (Å²) in [6, 6.07) is 9.21. The summed E-state index contributed by atoms with van der Waals surface area (Å²) in [5.41, 5.74) is 3.15. The number of carbonyl (C=O) groups excluding carboxylic acids is 2. The van der Waals surface area contributed by atoms with Gasteiger partial charge in [-0.1, -0.05) is 18.2 Å². The fourth-order valence-electron chi connectivity index (χ4n) is 7.28. The van der Waals surface area contributed by atoms with Gasteiger partial charge in [0.25, 0.3) is 0 Å². The number of fused-ring (bicyclic) bond motifs is 2. The van der Waals surface area contributed by atoms with Crippen molar-refractivity contribution in [3.05, 3.63) is 29.8 Å².